The van der Waals surface area contributed by atoms with Crippen LogP contribution in [0.25, 0.3) is 0 Å². The molecule has 0 atom stereocenters. The minimum atomic E-state index is 1.19. The zero-order valence-corrected chi connectivity index (χ0v) is 11.1. The van der Waals surface area contributed by atoms with Crippen molar-refractivity contribution in [1.82, 2.24) is 9.80 Å². The van der Waals surface area contributed by atoms with E-state index in [2.05, 4.69) is 51.3 Å². The summed E-state index contributed by atoms with van der Waals surface area (Å²) in [5.41, 5.74) is 0. The molecule has 0 rings (SSSR count). The van der Waals surface area contributed by atoms with Crippen molar-refractivity contribution in [2.75, 3.05) is 39.3 Å². The number of rotatable bonds is 6. The molecular weight excluding hydrogens is 172 g/mol. The predicted molar refractivity (Wildman–Crippen MR) is 66.9 cm³/mol. The van der Waals surface area contributed by atoms with E-state index in [4.69, 9.17) is 0 Å². The monoisotopic (exact) mass is 202 g/mol. The second-order valence-corrected chi connectivity index (χ2v) is 3.24. The molecule has 0 spiro atoms. The van der Waals surface area contributed by atoms with E-state index in [1.807, 2.05) is 0 Å². The predicted octanol–water partition coefficient (Wildman–Crippen LogP) is 2.70. The Kier molecular flexibility index (Phi) is 15.1. The third-order valence-corrected chi connectivity index (χ3v) is 2.68. The van der Waals surface area contributed by atoms with Crippen molar-refractivity contribution >= 4 is 0 Å². The fraction of sp³-hybridized carbons (Fsp3) is 1.00. The first-order valence-corrected chi connectivity index (χ1v) is 6.14. The van der Waals surface area contributed by atoms with Crippen LogP contribution in [0.3, 0.4) is 0 Å². The summed E-state index contributed by atoms with van der Waals surface area (Å²) in [4.78, 5) is 4.75. The number of hydrogen-bond donors (Lipinski definition) is 0. The van der Waals surface area contributed by atoms with Crippen LogP contribution in [0.5, 0.6) is 0 Å². The lowest BCUT2D eigenvalue weighted by molar-refractivity contribution is 0.321. The molecular formula is C12H30N2. The zero-order chi connectivity index (χ0) is 11.4. The highest BCUT2D eigenvalue weighted by molar-refractivity contribution is 4.44. The lowest BCUT2D eigenvalue weighted by atomic mass is 10.5. The van der Waals surface area contributed by atoms with Crippen LogP contribution in [-0.2, 0) is 0 Å². The van der Waals surface area contributed by atoms with Gasteiger partial charge in [-0.15, -0.1) is 0 Å². The van der Waals surface area contributed by atoms with Gasteiger partial charge in [-0.3, -0.25) is 0 Å². The van der Waals surface area contributed by atoms with Crippen LogP contribution in [0.15, 0.2) is 0 Å². The maximum atomic E-state index is 2.38. The Balaban J connectivity index is 0. The zero-order valence-electron chi connectivity index (χ0n) is 11.1. The SMILES string of the molecule is CCN(CC)CC.CCN(CC)CC. The summed E-state index contributed by atoms with van der Waals surface area (Å²) in [5.74, 6) is 0. The molecule has 0 aromatic heterocycles. The Hall–Kier alpha value is -0.0800. The smallest absolute Gasteiger partial charge is 0.00474 e. The van der Waals surface area contributed by atoms with Crippen LogP contribution in [0, 0.1) is 0 Å². The lowest BCUT2D eigenvalue weighted by Crippen LogP contribution is -2.21. The first-order chi connectivity index (χ1) is 6.69. The maximum Gasteiger partial charge on any atom is -0.00474 e. The van der Waals surface area contributed by atoms with Crippen molar-refractivity contribution in [2.45, 2.75) is 41.5 Å². The molecule has 0 amide bonds. The first-order valence-electron chi connectivity index (χ1n) is 6.14. The van der Waals surface area contributed by atoms with Gasteiger partial charge in [-0.2, -0.15) is 0 Å². The normalized spacial score (nSPS) is 10.3. The molecule has 14 heavy (non-hydrogen) atoms. The quantitative estimate of drug-likeness (QED) is 0.653. The highest BCUT2D eigenvalue weighted by atomic mass is 15.1. The van der Waals surface area contributed by atoms with E-state index < -0.39 is 0 Å². The molecule has 0 aromatic rings. The van der Waals surface area contributed by atoms with Crippen LogP contribution in [0.2, 0.25) is 0 Å². The number of hydrogen-bond acceptors (Lipinski definition) is 2. The van der Waals surface area contributed by atoms with Gasteiger partial charge < -0.3 is 9.80 Å². The molecule has 0 aliphatic rings. The summed E-state index contributed by atoms with van der Waals surface area (Å²) in [6.07, 6.45) is 0. The first kappa shape index (κ1) is 16.4. The van der Waals surface area contributed by atoms with Crippen LogP contribution in [0.4, 0.5) is 0 Å². The third-order valence-electron chi connectivity index (χ3n) is 2.68. The van der Waals surface area contributed by atoms with E-state index in [0.29, 0.717) is 0 Å². The Morgan fingerprint density at radius 2 is 0.571 bits per heavy atom. The molecule has 0 aromatic carbocycles. The van der Waals surface area contributed by atoms with E-state index in [0.717, 1.165) is 0 Å². The van der Waals surface area contributed by atoms with Gasteiger partial charge in [0, 0.05) is 0 Å². The van der Waals surface area contributed by atoms with Gasteiger partial charge in [-0.25, -0.2) is 0 Å². The molecule has 0 fully saturated rings. The molecule has 0 aliphatic carbocycles. The maximum absolute atomic E-state index is 2.38. The summed E-state index contributed by atoms with van der Waals surface area (Å²) < 4.78 is 0. The molecule has 0 heterocycles. The summed E-state index contributed by atoms with van der Waals surface area (Å²) in [7, 11) is 0. The summed E-state index contributed by atoms with van der Waals surface area (Å²) in [6, 6.07) is 0. The van der Waals surface area contributed by atoms with Crippen LogP contribution >= 0.6 is 0 Å². The molecule has 0 bridgehead atoms. The van der Waals surface area contributed by atoms with Gasteiger partial charge in [0.25, 0.3) is 0 Å². The number of nitrogens with zero attached hydrogens (tertiary/aromatic N) is 2. The molecule has 0 saturated heterocycles. The Morgan fingerprint density at radius 3 is 0.571 bits per heavy atom. The minimum Gasteiger partial charge on any atom is -0.304 e. The van der Waals surface area contributed by atoms with Gasteiger partial charge in [-0.1, -0.05) is 41.5 Å². The molecule has 2 heteroatoms. The van der Waals surface area contributed by atoms with Gasteiger partial charge in [0.2, 0.25) is 0 Å². The van der Waals surface area contributed by atoms with Crippen molar-refractivity contribution in [1.29, 1.82) is 0 Å². The third kappa shape index (κ3) is 10.0. The van der Waals surface area contributed by atoms with Gasteiger partial charge in [0.05, 0.1) is 0 Å². The molecule has 0 saturated carbocycles. The van der Waals surface area contributed by atoms with E-state index >= 15 is 0 Å². The summed E-state index contributed by atoms with van der Waals surface area (Å²) >= 11 is 0. The van der Waals surface area contributed by atoms with Crippen LogP contribution < -0.4 is 0 Å². The molecule has 0 radical (unpaired) electrons. The van der Waals surface area contributed by atoms with E-state index in [-0.39, 0.29) is 0 Å². The Labute approximate surface area is 91.3 Å². The second-order valence-electron chi connectivity index (χ2n) is 3.24. The largest absolute Gasteiger partial charge is 0.304 e. The van der Waals surface area contributed by atoms with Crippen LogP contribution in [0.1, 0.15) is 41.5 Å². The van der Waals surface area contributed by atoms with Crippen LogP contribution in [-0.4, -0.2) is 49.1 Å². The molecule has 2 nitrogen and oxygen atoms in total. The van der Waals surface area contributed by atoms with Crippen molar-refractivity contribution in [3.63, 3.8) is 0 Å². The lowest BCUT2D eigenvalue weighted by Gasteiger charge is -2.13. The summed E-state index contributed by atoms with van der Waals surface area (Å²) in [6.45, 7) is 20.2. The van der Waals surface area contributed by atoms with E-state index in [9.17, 15) is 0 Å². The molecule has 0 unspecified atom stereocenters. The van der Waals surface area contributed by atoms with Gasteiger partial charge >= 0.3 is 0 Å². The fourth-order valence-corrected chi connectivity index (χ4v) is 1.34. The minimum absolute atomic E-state index is 1.19. The van der Waals surface area contributed by atoms with E-state index in [1.165, 1.54) is 39.3 Å². The van der Waals surface area contributed by atoms with Gasteiger partial charge in [-0.05, 0) is 39.3 Å². The fourth-order valence-electron chi connectivity index (χ4n) is 1.34. The molecule has 88 valence electrons. The van der Waals surface area contributed by atoms with Crippen molar-refractivity contribution in [2.24, 2.45) is 0 Å². The van der Waals surface area contributed by atoms with Gasteiger partial charge in [0.1, 0.15) is 0 Å². The van der Waals surface area contributed by atoms with Gasteiger partial charge in [0.15, 0.2) is 0 Å². The average Bonchev–Trinajstić information content (AvgIpc) is 2.24. The standard InChI is InChI=1S/2C6H15N/c2*1-4-7(5-2)6-3/h2*4-6H2,1-3H3. The Bertz CT molecular complexity index is 63.3. The molecule has 0 N–H and O–H groups in total. The topological polar surface area (TPSA) is 6.48 Å². The van der Waals surface area contributed by atoms with E-state index in [1.54, 1.807) is 0 Å². The second kappa shape index (κ2) is 12.9. The summed E-state index contributed by atoms with van der Waals surface area (Å²) in [5, 5.41) is 0. The van der Waals surface area contributed by atoms with Crippen molar-refractivity contribution in [3.8, 4) is 0 Å². The molecule has 0 aliphatic heterocycles. The average molecular weight is 202 g/mol. The Morgan fingerprint density at radius 1 is 0.429 bits per heavy atom. The van der Waals surface area contributed by atoms with Crippen molar-refractivity contribution in [3.05, 3.63) is 0 Å². The highest BCUT2D eigenvalue weighted by Crippen LogP contribution is 1.82. The highest BCUT2D eigenvalue weighted by Gasteiger charge is 1.89. The van der Waals surface area contributed by atoms with Crippen molar-refractivity contribution < 1.29 is 0 Å².